The molecule has 4 aromatic rings. The van der Waals surface area contributed by atoms with Gasteiger partial charge in [-0.2, -0.15) is 4.52 Å². The number of benzene rings is 1. The maximum atomic E-state index is 12.7. The highest BCUT2D eigenvalue weighted by Gasteiger charge is 2.33. The largest absolute Gasteiger partial charge is 0.492 e. The van der Waals surface area contributed by atoms with E-state index in [1.165, 1.54) is 23.2 Å². The van der Waals surface area contributed by atoms with E-state index in [1.807, 2.05) is 11.8 Å². The number of fused-ring (bicyclic) bond motifs is 1. The molecule has 0 radical (unpaired) electrons. The van der Waals surface area contributed by atoms with Crippen LogP contribution in [0, 0.1) is 0 Å². The third-order valence-corrected chi connectivity index (χ3v) is 7.50. The standard InChI is InChI=1S/C25H29N5O3S/c1-4-20-26-25-30(27-20)24(32)22(34-25)21(18-9-7-17(8-10-18)16(2)3)28-11-13-29(14-12-28)23(31)19-6-5-15-33-19/h5-10,15-16,21,32H,4,11-14H2,1-3H3/t21-/m0/s1. The van der Waals surface area contributed by atoms with Crippen LogP contribution in [0.15, 0.2) is 47.1 Å². The third-order valence-electron chi connectivity index (χ3n) is 6.43. The van der Waals surface area contributed by atoms with Gasteiger partial charge in [-0.25, -0.2) is 4.98 Å². The summed E-state index contributed by atoms with van der Waals surface area (Å²) in [5, 5.41) is 15.6. The Kier molecular flexibility index (Phi) is 6.14. The summed E-state index contributed by atoms with van der Waals surface area (Å²) in [4.78, 5) is 23.0. The quantitative estimate of drug-likeness (QED) is 0.443. The van der Waals surface area contributed by atoms with Crippen LogP contribution in [0.3, 0.4) is 0 Å². The van der Waals surface area contributed by atoms with Crippen molar-refractivity contribution in [3.05, 3.63) is 70.3 Å². The number of hydrogen-bond acceptors (Lipinski definition) is 7. The topological polar surface area (TPSA) is 87.1 Å². The fraction of sp³-hybridized carbons (Fsp3) is 0.400. The molecule has 0 aliphatic carbocycles. The number of thiazole rings is 1. The molecule has 0 bridgehead atoms. The summed E-state index contributed by atoms with van der Waals surface area (Å²) in [6.45, 7) is 8.88. The number of carbonyl (C=O) groups excluding carboxylic acids is 1. The van der Waals surface area contributed by atoms with Crippen LogP contribution < -0.4 is 0 Å². The lowest BCUT2D eigenvalue weighted by molar-refractivity contribution is 0.0568. The van der Waals surface area contributed by atoms with Crippen molar-refractivity contribution >= 4 is 22.2 Å². The van der Waals surface area contributed by atoms with Gasteiger partial charge >= 0.3 is 0 Å². The van der Waals surface area contributed by atoms with Crippen LogP contribution in [-0.2, 0) is 6.42 Å². The number of furan rings is 1. The molecule has 1 aliphatic heterocycles. The molecule has 178 valence electrons. The molecule has 8 nitrogen and oxygen atoms in total. The molecule has 3 aromatic heterocycles. The lowest BCUT2D eigenvalue weighted by Gasteiger charge is -2.39. The van der Waals surface area contributed by atoms with E-state index >= 15 is 0 Å². The number of rotatable bonds is 6. The van der Waals surface area contributed by atoms with E-state index in [-0.39, 0.29) is 17.8 Å². The molecule has 1 saturated heterocycles. The van der Waals surface area contributed by atoms with Gasteiger partial charge in [-0.05, 0) is 29.2 Å². The summed E-state index contributed by atoms with van der Waals surface area (Å²) in [7, 11) is 0. The van der Waals surface area contributed by atoms with E-state index in [0.29, 0.717) is 42.8 Å². The van der Waals surface area contributed by atoms with Crippen molar-refractivity contribution in [1.82, 2.24) is 24.4 Å². The van der Waals surface area contributed by atoms with Gasteiger partial charge in [0.25, 0.3) is 5.91 Å². The SMILES string of the molecule is CCc1nc2sc([C@H](c3ccc(C(C)C)cc3)N3CCN(C(=O)c4ccco4)CC3)c(O)n2n1. The zero-order valence-corrected chi connectivity index (χ0v) is 20.5. The van der Waals surface area contributed by atoms with Crippen molar-refractivity contribution in [3.8, 4) is 5.88 Å². The molecule has 1 amide bonds. The Morgan fingerprint density at radius 3 is 2.41 bits per heavy atom. The second-order valence-electron chi connectivity index (χ2n) is 8.90. The Bertz CT molecular complexity index is 1270. The number of aryl methyl sites for hydroxylation is 1. The Hall–Kier alpha value is -3.17. The lowest BCUT2D eigenvalue weighted by Crippen LogP contribution is -2.49. The number of aromatic hydroxyl groups is 1. The minimum absolute atomic E-state index is 0.0868. The van der Waals surface area contributed by atoms with Crippen LogP contribution >= 0.6 is 11.3 Å². The van der Waals surface area contributed by atoms with Gasteiger partial charge in [0.05, 0.1) is 17.2 Å². The average Bonchev–Trinajstić information content (AvgIpc) is 3.59. The average molecular weight is 480 g/mol. The molecular formula is C25H29N5O3S. The summed E-state index contributed by atoms with van der Waals surface area (Å²) in [5.41, 5.74) is 2.38. The molecule has 9 heteroatoms. The highest BCUT2D eigenvalue weighted by Crippen LogP contribution is 2.40. The van der Waals surface area contributed by atoms with Crippen molar-refractivity contribution in [2.24, 2.45) is 0 Å². The molecule has 0 spiro atoms. The molecule has 5 rings (SSSR count). The number of hydrogen-bond donors (Lipinski definition) is 1. The summed E-state index contributed by atoms with van der Waals surface area (Å²) >= 11 is 1.47. The normalized spacial score (nSPS) is 15.9. The maximum Gasteiger partial charge on any atom is 0.289 e. The molecule has 4 heterocycles. The molecule has 1 fully saturated rings. The van der Waals surface area contributed by atoms with Crippen molar-refractivity contribution in [2.45, 2.75) is 39.2 Å². The molecule has 0 unspecified atom stereocenters. The number of amides is 1. The Morgan fingerprint density at radius 1 is 1.12 bits per heavy atom. The lowest BCUT2D eigenvalue weighted by atomic mass is 9.97. The van der Waals surface area contributed by atoms with Crippen LogP contribution in [0.1, 0.15) is 65.1 Å². The predicted molar refractivity (Wildman–Crippen MR) is 130 cm³/mol. The molecule has 1 N–H and O–H groups in total. The first-order valence-electron chi connectivity index (χ1n) is 11.7. The van der Waals surface area contributed by atoms with Crippen molar-refractivity contribution < 1.29 is 14.3 Å². The molecular weight excluding hydrogens is 450 g/mol. The van der Waals surface area contributed by atoms with Crippen molar-refractivity contribution in [3.63, 3.8) is 0 Å². The van der Waals surface area contributed by atoms with Gasteiger partial charge in [0, 0.05) is 32.6 Å². The van der Waals surface area contributed by atoms with E-state index in [4.69, 9.17) is 4.42 Å². The highest BCUT2D eigenvalue weighted by atomic mass is 32.1. The minimum atomic E-state index is -0.152. The number of carbonyl (C=O) groups is 1. The number of aromatic nitrogens is 3. The fourth-order valence-electron chi connectivity index (χ4n) is 4.45. The maximum absolute atomic E-state index is 12.7. The van der Waals surface area contributed by atoms with Gasteiger partial charge in [-0.1, -0.05) is 56.4 Å². The van der Waals surface area contributed by atoms with Crippen LogP contribution in [0.4, 0.5) is 0 Å². The van der Waals surface area contributed by atoms with Crippen LogP contribution in [0.5, 0.6) is 5.88 Å². The summed E-state index contributed by atoms with van der Waals surface area (Å²) in [5.74, 6) is 1.58. The third kappa shape index (κ3) is 4.10. The van der Waals surface area contributed by atoms with E-state index in [0.717, 1.165) is 22.7 Å². The first-order chi connectivity index (χ1) is 16.5. The van der Waals surface area contributed by atoms with Crippen molar-refractivity contribution in [1.29, 1.82) is 0 Å². The Balaban J connectivity index is 1.46. The smallest absolute Gasteiger partial charge is 0.289 e. The van der Waals surface area contributed by atoms with Gasteiger partial charge < -0.3 is 14.4 Å². The van der Waals surface area contributed by atoms with Gasteiger partial charge in [-0.15, -0.1) is 5.10 Å². The predicted octanol–water partition coefficient (Wildman–Crippen LogP) is 4.32. The van der Waals surface area contributed by atoms with Crippen LogP contribution in [0.25, 0.3) is 4.96 Å². The van der Waals surface area contributed by atoms with Crippen LogP contribution in [-0.4, -0.2) is 61.6 Å². The molecule has 34 heavy (non-hydrogen) atoms. The van der Waals surface area contributed by atoms with Gasteiger partial charge in [0.15, 0.2) is 11.6 Å². The van der Waals surface area contributed by atoms with Crippen LogP contribution in [0.2, 0.25) is 0 Å². The van der Waals surface area contributed by atoms with Crippen molar-refractivity contribution in [2.75, 3.05) is 26.2 Å². The molecule has 0 saturated carbocycles. The molecule has 1 atom stereocenters. The second kappa shape index (κ2) is 9.23. The second-order valence-corrected chi connectivity index (χ2v) is 9.90. The minimum Gasteiger partial charge on any atom is -0.492 e. The first-order valence-corrected chi connectivity index (χ1v) is 12.5. The van der Waals surface area contributed by atoms with Gasteiger partial charge in [0.1, 0.15) is 0 Å². The summed E-state index contributed by atoms with van der Waals surface area (Å²) in [6.07, 6.45) is 2.24. The molecule has 1 aromatic carbocycles. The fourth-order valence-corrected chi connectivity index (χ4v) is 5.59. The van der Waals surface area contributed by atoms with Gasteiger partial charge in [-0.3, -0.25) is 9.69 Å². The first kappa shape index (κ1) is 22.6. The number of nitrogens with zero attached hydrogens (tertiary/aromatic N) is 5. The molecule has 1 aliphatic rings. The number of piperazine rings is 1. The Morgan fingerprint density at radius 2 is 1.82 bits per heavy atom. The summed E-state index contributed by atoms with van der Waals surface area (Å²) in [6, 6.07) is 11.9. The van der Waals surface area contributed by atoms with Gasteiger partial charge in [0.2, 0.25) is 10.8 Å². The van der Waals surface area contributed by atoms with E-state index in [9.17, 15) is 9.90 Å². The zero-order chi connectivity index (χ0) is 23.8. The van der Waals surface area contributed by atoms with E-state index in [1.54, 1.807) is 16.6 Å². The summed E-state index contributed by atoms with van der Waals surface area (Å²) < 4.78 is 6.85. The zero-order valence-electron chi connectivity index (χ0n) is 19.6. The van der Waals surface area contributed by atoms with E-state index < -0.39 is 0 Å². The Labute approximate surface area is 202 Å². The van der Waals surface area contributed by atoms with E-state index in [2.05, 4.69) is 53.1 Å². The monoisotopic (exact) mass is 479 g/mol. The highest BCUT2D eigenvalue weighted by molar-refractivity contribution is 7.17.